The minimum Gasteiger partial charge on any atom is -0.493 e. The van der Waals surface area contributed by atoms with E-state index in [0.29, 0.717) is 23.1 Å². The molecule has 0 unspecified atom stereocenters. The summed E-state index contributed by atoms with van der Waals surface area (Å²) < 4.78 is 16.4. The summed E-state index contributed by atoms with van der Waals surface area (Å²) in [7, 11) is 3.10. The Morgan fingerprint density at radius 3 is 2.59 bits per heavy atom. The largest absolute Gasteiger partial charge is 0.493 e. The number of nitrogens with one attached hydrogen (secondary N) is 2. The van der Waals surface area contributed by atoms with E-state index in [2.05, 4.69) is 20.6 Å². The summed E-state index contributed by atoms with van der Waals surface area (Å²) in [6, 6.07) is 5.18. The molecule has 0 saturated heterocycles. The van der Waals surface area contributed by atoms with Crippen LogP contribution in [0.25, 0.3) is 0 Å². The predicted molar refractivity (Wildman–Crippen MR) is 100 cm³/mol. The second-order valence-corrected chi connectivity index (χ2v) is 6.27. The molecule has 0 atom stereocenters. The Kier molecular flexibility index (Phi) is 6.30. The monoisotopic (exact) mass is 372 g/mol. The fraction of sp³-hybridized carbons (Fsp3) is 0.421. The van der Waals surface area contributed by atoms with Gasteiger partial charge in [-0.15, -0.1) is 0 Å². The Morgan fingerprint density at radius 2 is 1.93 bits per heavy atom. The molecule has 1 heterocycles. The first-order valence-electron chi connectivity index (χ1n) is 8.90. The average Bonchev–Trinajstić information content (AvgIpc) is 2.70. The number of nitrogens with zero attached hydrogens (tertiary/aromatic N) is 2. The van der Waals surface area contributed by atoms with Gasteiger partial charge < -0.3 is 24.8 Å². The first kappa shape index (κ1) is 18.8. The number of hydrogen-bond donors (Lipinski definition) is 2. The van der Waals surface area contributed by atoms with Crippen molar-refractivity contribution in [3.63, 3.8) is 0 Å². The van der Waals surface area contributed by atoms with Gasteiger partial charge in [0.25, 0.3) is 0 Å². The van der Waals surface area contributed by atoms with Crippen LogP contribution in [0.4, 0.5) is 10.5 Å². The van der Waals surface area contributed by atoms with Crippen molar-refractivity contribution >= 4 is 11.7 Å². The number of anilines is 1. The second kappa shape index (κ2) is 9.07. The number of carbonyl (C=O) groups excluding carboxylic acids is 1. The van der Waals surface area contributed by atoms with Crippen LogP contribution in [-0.2, 0) is 0 Å². The number of ether oxygens (including phenoxy) is 3. The lowest BCUT2D eigenvalue weighted by molar-refractivity contribution is 0.135. The van der Waals surface area contributed by atoms with Crippen LogP contribution < -0.4 is 24.8 Å². The number of aromatic nitrogens is 2. The maximum atomic E-state index is 12.4. The zero-order valence-corrected chi connectivity index (χ0v) is 15.5. The van der Waals surface area contributed by atoms with E-state index in [-0.39, 0.29) is 18.2 Å². The Labute approximate surface area is 158 Å². The third-order valence-electron chi connectivity index (χ3n) is 4.49. The van der Waals surface area contributed by atoms with Gasteiger partial charge in [0.05, 0.1) is 26.1 Å². The SMILES string of the molecule is COc1cccc(NC(=O)NC2CCC(Oc3cnccn3)CC2)c1OC. The number of carbonyl (C=O) groups is 1. The second-order valence-electron chi connectivity index (χ2n) is 6.27. The van der Waals surface area contributed by atoms with Crippen molar-refractivity contribution in [3.05, 3.63) is 36.8 Å². The number of rotatable bonds is 6. The molecule has 144 valence electrons. The van der Waals surface area contributed by atoms with E-state index in [4.69, 9.17) is 14.2 Å². The number of urea groups is 1. The van der Waals surface area contributed by atoms with Crippen molar-refractivity contribution in [2.75, 3.05) is 19.5 Å². The van der Waals surface area contributed by atoms with Crippen LogP contribution in [0, 0.1) is 0 Å². The minimum atomic E-state index is -0.264. The summed E-state index contributed by atoms with van der Waals surface area (Å²) in [6.45, 7) is 0. The zero-order valence-electron chi connectivity index (χ0n) is 15.5. The minimum absolute atomic E-state index is 0.0984. The number of amides is 2. The van der Waals surface area contributed by atoms with Gasteiger partial charge in [-0.05, 0) is 37.8 Å². The first-order valence-corrected chi connectivity index (χ1v) is 8.90. The van der Waals surface area contributed by atoms with Crippen LogP contribution in [0.15, 0.2) is 36.8 Å². The van der Waals surface area contributed by atoms with Crippen molar-refractivity contribution in [3.8, 4) is 17.4 Å². The van der Waals surface area contributed by atoms with Crippen molar-refractivity contribution < 1.29 is 19.0 Å². The third-order valence-corrected chi connectivity index (χ3v) is 4.49. The Hall–Kier alpha value is -3.03. The molecule has 1 aliphatic carbocycles. The Balaban J connectivity index is 1.49. The highest BCUT2D eigenvalue weighted by atomic mass is 16.5. The quantitative estimate of drug-likeness (QED) is 0.809. The van der Waals surface area contributed by atoms with Gasteiger partial charge in [0.2, 0.25) is 5.88 Å². The summed E-state index contributed by atoms with van der Waals surface area (Å²) in [4.78, 5) is 20.5. The molecule has 2 N–H and O–H groups in total. The van der Waals surface area contributed by atoms with E-state index in [1.165, 1.54) is 0 Å². The Bertz CT molecular complexity index is 749. The Morgan fingerprint density at radius 1 is 1.11 bits per heavy atom. The van der Waals surface area contributed by atoms with Crippen molar-refractivity contribution in [2.24, 2.45) is 0 Å². The average molecular weight is 372 g/mol. The smallest absolute Gasteiger partial charge is 0.319 e. The van der Waals surface area contributed by atoms with Gasteiger partial charge in [0.15, 0.2) is 11.5 Å². The summed E-state index contributed by atoms with van der Waals surface area (Å²) in [5.74, 6) is 1.60. The van der Waals surface area contributed by atoms with Crippen LogP contribution in [0.1, 0.15) is 25.7 Å². The highest BCUT2D eigenvalue weighted by Gasteiger charge is 2.24. The molecular weight excluding hydrogens is 348 g/mol. The molecule has 1 aliphatic rings. The maximum Gasteiger partial charge on any atom is 0.319 e. The molecule has 0 aliphatic heterocycles. The van der Waals surface area contributed by atoms with Gasteiger partial charge in [0, 0.05) is 18.4 Å². The highest BCUT2D eigenvalue weighted by Crippen LogP contribution is 2.34. The van der Waals surface area contributed by atoms with Gasteiger partial charge in [0.1, 0.15) is 6.10 Å². The lowest BCUT2D eigenvalue weighted by Gasteiger charge is -2.29. The van der Waals surface area contributed by atoms with E-state index in [1.54, 1.807) is 51.0 Å². The van der Waals surface area contributed by atoms with Crippen LogP contribution in [-0.4, -0.2) is 42.4 Å². The van der Waals surface area contributed by atoms with Crippen LogP contribution in [0.5, 0.6) is 17.4 Å². The van der Waals surface area contributed by atoms with E-state index >= 15 is 0 Å². The number of methoxy groups -OCH3 is 2. The molecule has 1 fully saturated rings. The molecule has 1 aromatic carbocycles. The maximum absolute atomic E-state index is 12.4. The standard InChI is InChI=1S/C19H24N4O4/c1-25-16-5-3-4-15(18(16)26-2)23-19(24)22-13-6-8-14(9-7-13)27-17-12-20-10-11-21-17/h3-5,10-14H,6-9H2,1-2H3,(H2,22,23,24). The highest BCUT2D eigenvalue weighted by molar-refractivity contribution is 5.91. The number of para-hydroxylation sites is 1. The fourth-order valence-electron chi connectivity index (χ4n) is 3.17. The summed E-state index contributed by atoms with van der Waals surface area (Å²) in [5, 5.41) is 5.84. The molecule has 0 radical (unpaired) electrons. The van der Waals surface area contributed by atoms with Crippen molar-refractivity contribution in [2.45, 2.75) is 37.8 Å². The van der Waals surface area contributed by atoms with E-state index in [9.17, 15) is 4.79 Å². The molecule has 1 saturated carbocycles. The zero-order chi connectivity index (χ0) is 19.1. The molecular formula is C19H24N4O4. The molecule has 0 spiro atoms. The number of benzene rings is 1. The lowest BCUT2D eigenvalue weighted by atomic mass is 9.93. The fourth-order valence-corrected chi connectivity index (χ4v) is 3.17. The van der Waals surface area contributed by atoms with E-state index in [1.807, 2.05) is 0 Å². The first-order chi connectivity index (χ1) is 13.2. The van der Waals surface area contributed by atoms with Crippen molar-refractivity contribution in [1.82, 2.24) is 15.3 Å². The molecule has 1 aromatic heterocycles. The molecule has 8 nitrogen and oxygen atoms in total. The summed E-state index contributed by atoms with van der Waals surface area (Å²) in [5.41, 5.74) is 0.564. The van der Waals surface area contributed by atoms with Crippen LogP contribution in [0.3, 0.4) is 0 Å². The molecule has 8 heteroatoms. The normalized spacial score (nSPS) is 19.0. The molecule has 0 bridgehead atoms. The van der Waals surface area contributed by atoms with Gasteiger partial charge >= 0.3 is 6.03 Å². The lowest BCUT2D eigenvalue weighted by Crippen LogP contribution is -2.41. The van der Waals surface area contributed by atoms with Gasteiger partial charge in [-0.25, -0.2) is 9.78 Å². The molecule has 2 amide bonds. The van der Waals surface area contributed by atoms with Crippen molar-refractivity contribution in [1.29, 1.82) is 0 Å². The summed E-state index contributed by atoms with van der Waals surface area (Å²) >= 11 is 0. The summed E-state index contributed by atoms with van der Waals surface area (Å²) in [6.07, 6.45) is 8.32. The topological polar surface area (TPSA) is 94.6 Å². The van der Waals surface area contributed by atoms with E-state index < -0.39 is 0 Å². The predicted octanol–water partition coefficient (Wildman–Crippen LogP) is 3.01. The van der Waals surface area contributed by atoms with Gasteiger partial charge in [-0.3, -0.25) is 4.98 Å². The van der Waals surface area contributed by atoms with Gasteiger partial charge in [-0.1, -0.05) is 6.07 Å². The number of hydrogen-bond acceptors (Lipinski definition) is 6. The van der Waals surface area contributed by atoms with Crippen LogP contribution >= 0.6 is 0 Å². The van der Waals surface area contributed by atoms with E-state index in [0.717, 1.165) is 25.7 Å². The molecule has 2 aromatic rings. The molecule has 3 rings (SSSR count). The third kappa shape index (κ3) is 4.99. The van der Waals surface area contributed by atoms with Gasteiger partial charge in [-0.2, -0.15) is 0 Å². The molecule has 27 heavy (non-hydrogen) atoms. The van der Waals surface area contributed by atoms with Crippen LogP contribution in [0.2, 0.25) is 0 Å².